The first-order valence-corrected chi connectivity index (χ1v) is 9.65. The Morgan fingerprint density at radius 2 is 1.73 bits per heavy atom. The monoisotopic (exact) mass is 308 g/mol. The molecule has 1 atom stereocenters. The molecule has 0 aromatic carbocycles. The smallest absolute Gasteiger partial charge is 0.306 e. The lowest BCUT2D eigenvalue weighted by molar-refractivity contribution is -0.147. The van der Waals surface area contributed by atoms with Crippen molar-refractivity contribution in [1.29, 1.82) is 0 Å². The van der Waals surface area contributed by atoms with E-state index in [2.05, 4.69) is 19.9 Å². The molecule has 0 aromatic heterocycles. The number of hydrogen-bond donors (Lipinski definition) is 0. The molecule has 0 aromatic rings. The van der Waals surface area contributed by atoms with Gasteiger partial charge >= 0.3 is 5.97 Å². The summed E-state index contributed by atoms with van der Waals surface area (Å²) in [6.45, 7) is 4.46. The van der Waals surface area contributed by atoms with Crippen LogP contribution in [0.3, 0.4) is 0 Å². The van der Waals surface area contributed by atoms with E-state index in [0.29, 0.717) is 6.42 Å². The predicted octanol–water partition coefficient (Wildman–Crippen LogP) is 6.34. The molecule has 1 aliphatic rings. The summed E-state index contributed by atoms with van der Waals surface area (Å²) in [5.74, 6) is 0.00606. The minimum atomic E-state index is 0.00606. The molecule has 1 rings (SSSR count). The van der Waals surface area contributed by atoms with Crippen molar-refractivity contribution in [2.75, 3.05) is 0 Å². The Balaban J connectivity index is 2.11. The van der Waals surface area contributed by atoms with Crippen LogP contribution in [-0.2, 0) is 9.53 Å². The van der Waals surface area contributed by atoms with Gasteiger partial charge in [0, 0.05) is 6.42 Å². The molecule has 0 unspecified atom stereocenters. The second-order valence-corrected chi connectivity index (χ2v) is 6.72. The first-order valence-electron chi connectivity index (χ1n) is 9.65. The normalized spacial score (nSPS) is 18.1. The Kier molecular flexibility index (Phi) is 11.1. The van der Waals surface area contributed by atoms with Crippen LogP contribution in [0.25, 0.3) is 0 Å². The van der Waals surface area contributed by atoms with E-state index in [1.165, 1.54) is 76.2 Å². The van der Waals surface area contributed by atoms with Gasteiger partial charge in [-0.1, -0.05) is 64.4 Å². The number of allylic oxidation sites excluding steroid dienone is 1. The van der Waals surface area contributed by atoms with Crippen molar-refractivity contribution in [1.82, 2.24) is 0 Å². The van der Waals surface area contributed by atoms with Crippen LogP contribution in [-0.4, -0.2) is 12.1 Å². The Bertz CT molecular complexity index is 320. The summed E-state index contributed by atoms with van der Waals surface area (Å²) in [7, 11) is 0. The quantitative estimate of drug-likeness (QED) is 0.239. The van der Waals surface area contributed by atoms with Gasteiger partial charge in [0.05, 0.1) is 0 Å². The van der Waals surface area contributed by atoms with Crippen LogP contribution in [0.2, 0.25) is 0 Å². The zero-order chi connectivity index (χ0) is 16.0. The molecule has 1 aliphatic carbocycles. The molecule has 0 spiro atoms. The molecule has 0 saturated carbocycles. The van der Waals surface area contributed by atoms with Crippen LogP contribution in [0, 0.1) is 0 Å². The summed E-state index contributed by atoms with van der Waals surface area (Å²) in [6, 6.07) is 0. The molecular formula is C20H36O2. The van der Waals surface area contributed by atoms with Gasteiger partial charge in [-0.25, -0.2) is 0 Å². The SMILES string of the molecule is CCCCCCCCCC(=O)O[C@H]1C=C(CCCC)CCC1. The van der Waals surface area contributed by atoms with Gasteiger partial charge in [-0.05, 0) is 44.6 Å². The molecule has 0 saturated heterocycles. The molecule has 0 heterocycles. The van der Waals surface area contributed by atoms with Crippen LogP contribution in [0.4, 0.5) is 0 Å². The number of carbonyl (C=O) groups excluding carboxylic acids is 1. The molecule has 0 bridgehead atoms. The Morgan fingerprint density at radius 3 is 2.45 bits per heavy atom. The molecular weight excluding hydrogens is 272 g/mol. The van der Waals surface area contributed by atoms with Gasteiger partial charge in [-0.2, -0.15) is 0 Å². The lowest BCUT2D eigenvalue weighted by atomic mass is 9.94. The standard InChI is InChI=1S/C20H36O2/c1-3-5-7-8-9-10-11-16-20(21)22-19-15-12-14-18(17-19)13-6-4-2/h17,19H,3-16H2,1-2H3/t19-/m1/s1. The molecule has 0 radical (unpaired) electrons. The van der Waals surface area contributed by atoms with Crippen molar-refractivity contribution in [3.05, 3.63) is 11.6 Å². The van der Waals surface area contributed by atoms with E-state index < -0.39 is 0 Å². The highest BCUT2D eigenvalue weighted by molar-refractivity contribution is 5.69. The van der Waals surface area contributed by atoms with Crippen molar-refractivity contribution in [3.63, 3.8) is 0 Å². The van der Waals surface area contributed by atoms with Gasteiger partial charge < -0.3 is 4.74 Å². The Hall–Kier alpha value is -0.790. The van der Waals surface area contributed by atoms with Gasteiger partial charge in [-0.3, -0.25) is 4.79 Å². The number of hydrogen-bond acceptors (Lipinski definition) is 2. The average molecular weight is 309 g/mol. The van der Waals surface area contributed by atoms with Gasteiger partial charge in [0.2, 0.25) is 0 Å². The summed E-state index contributed by atoms with van der Waals surface area (Å²) in [5.41, 5.74) is 1.50. The average Bonchev–Trinajstić information content (AvgIpc) is 2.52. The Morgan fingerprint density at radius 1 is 1.05 bits per heavy atom. The van der Waals surface area contributed by atoms with Gasteiger partial charge in [-0.15, -0.1) is 0 Å². The lowest BCUT2D eigenvalue weighted by Gasteiger charge is -2.21. The third-order valence-corrected chi connectivity index (χ3v) is 4.53. The molecule has 0 amide bonds. The molecule has 0 fully saturated rings. The molecule has 22 heavy (non-hydrogen) atoms. The van der Waals surface area contributed by atoms with E-state index in [1.807, 2.05) is 0 Å². The highest BCUT2D eigenvalue weighted by Gasteiger charge is 2.17. The summed E-state index contributed by atoms with van der Waals surface area (Å²) in [4.78, 5) is 11.9. The lowest BCUT2D eigenvalue weighted by Crippen LogP contribution is -2.19. The maximum Gasteiger partial charge on any atom is 0.306 e. The highest BCUT2D eigenvalue weighted by atomic mass is 16.5. The fourth-order valence-corrected chi connectivity index (χ4v) is 3.12. The van der Waals surface area contributed by atoms with E-state index in [1.54, 1.807) is 0 Å². The van der Waals surface area contributed by atoms with Crippen molar-refractivity contribution in [2.45, 2.75) is 110 Å². The van der Waals surface area contributed by atoms with Crippen molar-refractivity contribution in [2.24, 2.45) is 0 Å². The summed E-state index contributed by atoms with van der Waals surface area (Å²) < 4.78 is 5.63. The third kappa shape index (κ3) is 9.27. The number of unbranched alkanes of at least 4 members (excludes halogenated alkanes) is 7. The van der Waals surface area contributed by atoms with Crippen molar-refractivity contribution >= 4 is 5.97 Å². The van der Waals surface area contributed by atoms with E-state index in [9.17, 15) is 4.79 Å². The van der Waals surface area contributed by atoms with Gasteiger partial charge in [0.15, 0.2) is 0 Å². The van der Waals surface area contributed by atoms with Crippen molar-refractivity contribution in [3.8, 4) is 0 Å². The van der Waals surface area contributed by atoms with E-state index in [-0.39, 0.29) is 12.1 Å². The van der Waals surface area contributed by atoms with Crippen LogP contribution < -0.4 is 0 Å². The fraction of sp³-hybridized carbons (Fsp3) is 0.850. The fourth-order valence-electron chi connectivity index (χ4n) is 3.12. The van der Waals surface area contributed by atoms with E-state index >= 15 is 0 Å². The first kappa shape index (κ1) is 19.3. The summed E-state index contributed by atoms with van der Waals surface area (Å²) >= 11 is 0. The summed E-state index contributed by atoms with van der Waals surface area (Å²) in [6.07, 6.45) is 18.6. The minimum absolute atomic E-state index is 0.00606. The molecule has 128 valence electrons. The van der Waals surface area contributed by atoms with Gasteiger partial charge in [0.25, 0.3) is 0 Å². The minimum Gasteiger partial charge on any atom is -0.458 e. The van der Waals surface area contributed by atoms with Gasteiger partial charge in [0.1, 0.15) is 6.10 Å². The third-order valence-electron chi connectivity index (χ3n) is 4.53. The molecule has 2 heteroatoms. The van der Waals surface area contributed by atoms with E-state index in [0.717, 1.165) is 12.8 Å². The van der Waals surface area contributed by atoms with Crippen LogP contribution in [0.5, 0.6) is 0 Å². The maximum absolute atomic E-state index is 11.9. The van der Waals surface area contributed by atoms with Crippen LogP contribution in [0.15, 0.2) is 11.6 Å². The molecule has 0 aliphatic heterocycles. The maximum atomic E-state index is 11.9. The second-order valence-electron chi connectivity index (χ2n) is 6.72. The zero-order valence-corrected chi connectivity index (χ0v) is 14.9. The highest BCUT2D eigenvalue weighted by Crippen LogP contribution is 2.24. The number of rotatable bonds is 12. The molecule has 2 nitrogen and oxygen atoms in total. The Labute approximate surface area is 137 Å². The topological polar surface area (TPSA) is 26.3 Å². The first-order chi connectivity index (χ1) is 10.8. The summed E-state index contributed by atoms with van der Waals surface area (Å²) in [5, 5.41) is 0. The number of esters is 1. The van der Waals surface area contributed by atoms with E-state index in [4.69, 9.17) is 4.74 Å². The van der Waals surface area contributed by atoms with Crippen LogP contribution >= 0.6 is 0 Å². The van der Waals surface area contributed by atoms with Crippen LogP contribution in [0.1, 0.15) is 104 Å². The number of carbonyl (C=O) groups is 1. The predicted molar refractivity (Wildman–Crippen MR) is 93.9 cm³/mol. The largest absolute Gasteiger partial charge is 0.458 e. The zero-order valence-electron chi connectivity index (χ0n) is 14.9. The number of ether oxygens (including phenoxy) is 1. The molecule has 0 N–H and O–H groups in total. The van der Waals surface area contributed by atoms with Crippen molar-refractivity contribution < 1.29 is 9.53 Å². The second kappa shape index (κ2) is 12.7.